The van der Waals surface area contributed by atoms with Crippen molar-refractivity contribution in [2.75, 3.05) is 0 Å². The molecule has 0 aromatic carbocycles. The van der Waals surface area contributed by atoms with Gasteiger partial charge in [0.1, 0.15) is 0 Å². The SMILES string of the molecule is [CH2]CCC1CC=CCC1. The maximum atomic E-state index is 3.86. The quantitative estimate of drug-likeness (QED) is 0.495. The van der Waals surface area contributed by atoms with Crippen molar-refractivity contribution in [3.8, 4) is 0 Å². The molecule has 0 aromatic rings. The van der Waals surface area contributed by atoms with Gasteiger partial charge in [0.05, 0.1) is 0 Å². The van der Waals surface area contributed by atoms with Gasteiger partial charge in [-0.1, -0.05) is 31.9 Å². The highest BCUT2D eigenvalue weighted by Gasteiger charge is 2.06. The maximum Gasteiger partial charge on any atom is -0.0322 e. The molecular weight excluding hydrogens is 108 g/mol. The summed E-state index contributed by atoms with van der Waals surface area (Å²) in [4.78, 5) is 0. The molecule has 1 aliphatic rings. The molecule has 0 heterocycles. The van der Waals surface area contributed by atoms with Crippen LogP contribution in [0.2, 0.25) is 0 Å². The van der Waals surface area contributed by atoms with E-state index in [9.17, 15) is 0 Å². The Bertz CT molecular complexity index is 92.2. The van der Waals surface area contributed by atoms with E-state index in [4.69, 9.17) is 0 Å². The van der Waals surface area contributed by atoms with E-state index < -0.39 is 0 Å². The summed E-state index contributed by atoms with van der Waals surface area (Å²) in [5.41, 5.74) is 0. The van der Waals surface area contributed by atoms with Gasteiger partial charge in [0.25, 0.3) is 0 Å². The van der Waals surface area contributed by atoms with Crippen molar-refractivity contribution >= 4 is 0 Å². The van der Waals surface area contributed by atoms with E-state index in [1.54, 1.807) is 0 Å². The van der Waals surface area contributed by atoms with Gasteiger partial charge in [-0.05, 0) is 25.2 Å². The maximum absolute atomic E-state index is 3.86. The van der Waals surface area contributed by atoms with Crippen molar-refractivity contribution in [3.05, 3.63) is 19.1 Å². The first-order valence-electron chi connectivity index (χ1n) is 3.87. The highest BCUT2D eigenvalue weighted by Crippen LogP contribution is 2.21. The van der Waals surface area contributed by atoms with Crippen molar-refractivity contribution in [2.24, 2.45) is 5.92 Å². The molecule has 0 heteroatoms. The van der Waals surface area contributed by atoms with Crippen LogP contribution in [0.5, 0.6) is 0 Å². The van der Waals surface area contributed by atoms with Gasteiger partial charge in [-0.3, -0.25) is 0 Å². The first kappa shape index (κ1) is 6.85. The summed E-state index contributed by atoms with van der Waals surface area (Å²) in [6, 6.07) is 0. The fourth-order valence-electron chi connectivity index (χ4n) is 1.41. The number of allylic oxidation sites excluding steroid dienone is 2. The summed E-state index contributed by atoms with van der Waals surface area (Å²) in [7, 11) is 0. The second kappa shape index (κ2) is 3.71. The van der Waals surface area contributed by atoms with Gasteiger partial charge in [0.2, 0.25) is 0 Å². The zero-order valence-corrected chi connectivity index (χ0v) is 5.97. The van der Waals surface area contributed by atoms with Crippen molar-refractivity contribution in [1.29, 1.82) is 0 Å². The van der Waals surface area contributed by atoms with Crippen molar-refractivity contribution in [2.45, 2.75) is 32.1 Å². The molecule has 1 rings (SSSR count). The van der Waals surface area contributed by atoms with Gasteiger partial charge in [-0.15, -0.1) is 0 Å². The van der Waals surface area contributed by atoms with E-state index in [0.29, 0.717) is 0 Å². The van der Waals surface area contributed by atoms with Crippen LogP contribution in [0.25, 0.3) is 0 Å². The lowest BCUT2D eigenvalue weighted by Crippen LogP contribution is -2.00. The molecule has 1 aliphatic carbocycles. The van der Waals surface area contributed by atoms with Gasteiger partial charge in [-0.25, -0.2) is 0 Å². The van der Waals surface area contributed by atoms with Crippen LogP contribution >= 0.6 is 0 Å². The Hall–Kier alpha value is -0.260. The first-order valence-corrected chi connectivity index (χ1v) is 3.87. The van der Waals surface area contributed by atoms with Crippen LogP contribution in [0.15, 0.2) is 12.2 Å². The zero-order valence-electron chi connectivity index (χ0n) is 5.97. The average molecular weight is 123 g/mol. The van der Waals surface area contributed by atoms with Crippen LogP contribution in [0, 0.1) is 12.8 Å². The van der Waals surface area contributed by atoms with Crippen LogP contribution in [0.4, 0.5) is 0 Å². The van der Waals surface area contributed by atoms with E-state index in [1.165, 1.54) is 25.7 Å². The number of hydrogen-bond acceptors (Lipinski definition) is 0. The van der Waals surface area contributed by atoms with E-state index in [0.717, 1.165) is 12.3 Å². The Labute approximate surface area is 58.0 Å². The number of rotatable bonds is 2. The third-order valence-corrected chi connectivity index (χ3v) is 1.99. The fraction of sp³-hybridized carbons (Fsp3) is 0.667. The van der Waals surface area contributed by atoms with Gasteiger partial charge in [0.15, 0.2) is 0 Å². The molecule has 0 amide bonds. The highest BCUT2D eigenvalue weighted by molar-refractivity contribution is 4.89. The van der Waals surface area contributed by atoms with Crippen molar-refractivity contribution in [1.82, 2.24) is 0 Å². The van der Waals surface area contributed by atoms with E-state index in [1.807, 2.05) is 0 Å². The monoisotopic (exact) mass is 123 g/mol. The van der Waals surface area contributed by atoms with Crippen LogP contribution in [-0.4, -0.2) is 0 Å². The molecule has 1 unspecified atom stereocenters. The third kappa shape index (κ3) is 2.21. The van der Waals surface area contributed by atoms with Gasteiger partial charge < -0.3 is 0 Å². The van der Waals surface area contributed by atoms with E-state index >= 15 is 0 Å². The summed E-state index contributed by atoms with van der Waals surface area (Å²) in [6.45, 7) is 3.86. The predicted molar refractivity (Wildman–Crippen MR) is 41.1 cm³/mol. The van der Waals surface area contributed by atoms with Crippen molar-refractivity contribution < 1.29 is 0 Å². The summed E-state index contributed by atoms with van der Waals surface area (Å²) in [5.74, 6) is 0.951. The minimum absolute atomic E-state index is 0.951. The molecule has 9 heavy (non-hydrogen) atoms. The molecule has 0 N–H and O–H groups in total. The normalized spacial score (nSPS) is 26.6. The summed E-state index contributed by atoms with van der Waals surface area (Å²) in [6.07, 6.45) is 11.0. The smallest absolute Gasteiger partial charge is 0.0322 e. The second-order valence-electron chi connectivity index (χ2n) is 2.79. The molecule has 0 spiro atoms. The summed E-state index contributed by atoms with van der Waals surface area (Å²) < 4.78 is 0. The van der Waals surface area contributed by atoms with Crippen molar-refractivity contribution in [3.63, 3.8) is 0 Å². The summed E-state index contributed by atoms with van der Waals surface area (Å²) in [5, 5.41) is 0. The van der Waals surface area contributed by atoms with Gasteiger partial charge in [0, 0.05) is 0 Å². The molecule has 0 aliphatic heterocycles. The average Bonchev–Trinajstić information content (AvgIpc) is 1.91. The standard InChI is InChI=1S/C9H15/c1-2-6-9-7-4-3-5-8-9/h3-4,9H,1-2,5-8H2. The minimum Gasteiger partial charge on any atom is -0.0885 e. The Balaban J connectivity index is 2.18. The molecule has 0 saturated carbocycles. The zero-order chi connectivity index (χ0) is 6.53. The first-order chi connectivity index (χ1) is 4.43. The molecule has 0 bridgehead atoms. The minimum atomic E-state index is 0.951. The van der Waals surface area contributed by atoms with E-state index in [2.05, 4.69) is 19.1 Å². The fourth-order valence-corrected chi connectivity index (χ4v) is 1.41. The molecule has 0 aromatic heterocycles. The van der Waals surface area contributed by atoms with Gasteiger partial charge in [-0.2, -0.15) is 0 Å². The molecule has 1 atom stereocenters. The number of hydrogen-bond donors (Lipinski definition) is 0. The Kier molecular flexibility index (Phi) is 2.82. The molecule has 51 valence electrons. The summed E-state index contributed by atoms with van der Waals surface area (Å²) >= 11 is 0. The van der Waals surface area contributed by atoms with Crippen LogP contribution in [-0.2, 0) is 0 Å². The highest BCUT2D eigenvalue weighted by atomic mass is 14.1. The lowest BCUT2D eigenvalue weighted by molar-refractivity contribution is 0.449. The molecule has 0 nitrogen and oxygen atoms in total. The predicted octanol–water partition coefficient (Wildman–Crippen LogP) is 2.96. The largest absolute Gasteiger partial charge is 0.0885 e. The lowest BCUT2D eigenvalue weighted by Gasteiger charge is -2.15. The molecular formula is C9H15. The van der Waals surface area contributed by atoms with Crippen LogP contribution in [0.3, 0.4) is 0 Å². The third-order valence-electron chi connectivity index (χ3n) is 1.99. The lowest BCUT2D eigenvalue weighted by atomic mass is 9.91. The van der Waals surface area contributed by atoms with Crippen LogP contribution < -0.4 is 0 Å². The van der Waals surface area contributed by atoms with E-state index in [-0.39, 0.29) is 0 Å². The second-order valence-corrected chi connectivity index (χ2v) is 2.79. The Morgan fingerprint density at radius 2 is 2.33 bits per heavy atom. The Morgan fingerprint density at radius 3 is 2.89 bits per heavy atom. The Morgan fingerprint density at radius 1 is 1.44 bits per heavy atom. The molecule has 0 fully saturated rings. The van der Waals surface area contributed by atoms with Crippen LogP contribution in [0.1, 0.15) is 32.1 Å². The molecule has 0 saturated heterocycles. The van der Waals surface area contributed by atoms with Gasteiger partial charge >= 0.3 is 0 Å². The molecule has 1 radical (unpaired) electrons. The topological polar surface area (TPSA) is 0 Å².